The number of nitrogens with two attached hydrogens (primary N) is 1. The summed E-state index contributed by atoms with van der Waals surface area (Å²) in [6, 6.07) is 15.5. The number of benzene rings is 1. The molecule has 0 fully saturated rings. The Labute approximate surface area is 191 Å². The summed E-state index contributed by atoms with van der Waals surface area (Å²) in [6.07, 6.45) is 3.88. The smallest absolute Gasteiger partial charge is 0.123 e. The minimum absolute atomic E-state index is 0.509. The first-order valence-electron chi connectivity index (χ1n) is 10.0. The molecule has 0 spiro atoms. The molecule has 0 aliphatic carbocycles. The van der Waals surface area contributed by atoms with Crippen LogP contribution in [0.15, 0.2) is 61.4 Å². The van der Waals surface area contributed by atoms with Gasteiger partial charge in [0.15, 0.2) is 0 Å². The molecular formula is C25H21ClN6. The first-order chi connectivity index (χ1) is 15.4. The van der Waals surface area contributed by atoms with E-state index in [2.05, 4.69) is 32.9 Å². The lowest BCUT2D eigenvalue weighted by Crippen LogP contribution is -2.13. The van der Waals surface area contributed by atoms with E-state index in [4.69, 9.17) is 17.3 Å². The number of hydrogen-bond acceptors (Lipinski definition) is 6. The van der Waals surface area contributed by atoms with E-state index in [0.717, 1.165) is 39.2 Å². The molecule has 0 unspecified atom stereocenters. The van der Waals surface area contributed by atoms with E-state index < -0.39 is 0 Å². The molecule has 3 heterocycles. The molecule has 0 radical (unpaired) electrons. The Bertz CT molecular complexity index is 1370. The summed E-state index contributed by atoms with van der Waals surface area (Å²) in [6.45, 7) is 6.69. The van der Waals surface area contributed by atoms with Crippen molar-refractivity contribution in [3.63, 3.8) is 0 Å². The predicted octanol–water partition coefficient (Wildman–Crippen LogP) is 4.79. The summed E-state index contributed by atoms with van der Waals surface area (Å²) in [7, 11) is 0. The van der Waals surface area contributed by atoms with E-state index in [9.17, 15) is 5.26 Å². The SMILES string of the molecule is C=C(NCc1ccc(N)nc1C)c1ccnc(Cc2cc(C#N)c3ncc(Cl)cc3c2)c1. The Hall–Kier alpha value is -3.95. The summed E-state index contributed by atoms with van der Waals surface area (Å²) >= 11 is 6.09. The number of halogens is 1. The molecule has 0 saturated heterocycles. The lowest BCUT2D eigenvalue weighted by atomic mass is 10.0. The number of nitrogens with zero attached hydrogens (tertiary/aromatic N) is 4. The van der Waals surface area contributed by atoms with E-state index in [1.54, 1.807) is 18.5 Å². The van der Waals surface area contributed by atoms with Crippen LogP contribution in [0.2, 0.25) is 5.02 Å². The van der Waals surface area contributed by atoms with Crippen molar-refractivity contribution in [2.24, 2.45) is 0 Å². The number of nitriles is 1. The van der Waals surface area contributed by atoms with Crippen molar-refractivity contribution in [1.29, 1.82) is 5.26 Å². The highest BCUT2D eigenvalue weighted by atomic mass is 35.5. The molecule has 32 heavy (non-hydrogen) atoms. The van der Waals surface area contributed by atoms with Gasteiger partial charge < -0.3 is 11.1 Å². The quantitative estimate of drug-likeness (QED) is 0.447. The monoisotopic (exact) mass is 440 g/mol. The van der Waals surface area contributed by atoms with Gasteiger partial charge in [0.25, 0.3) is 0 Å². The lowest BCUT2D eigenvalue weighted by Gasteiger charge is -2.13. The topological polar surface area (TPSA) is 101 Å². The second-order valence-corrected chi connectivity index (χ2v) is 7.94. The number of aryl methyl sites for hydroxylation is 1. The zero-order valence-corrected chi connectivity index (χ0v) is 18.3. The highest BCUT2D eigenvalue weighted by Gasteiger charge is 2.09. The van der Waals surface area contributed by atoms with Crippen LogP contribution in [-0.2, 0) is 13.0 Å². The van der Waals surface area contributed by atoms with Gasteiger partial charge >= 0.3 is 0 Å². The molecule has 7 heteroatoms. The van der Waals surface area contributed by atoms with E-state index in [1.165, 1.54) is 0 Å². The maximum atomic E-state index is 9.53. The van der Waals surface area contributed by atoms with E-state index in [-0.39, 0.29) is 0 Å². The Morgan fingerprint density at radius 3 is 2.81 bits per heavy atom. The largest absolute Gasteiger partial charge is 0.384 e. The Balaban J connectivity index is 1.53. The lowest BCUT2D eigenvalue weighted by molar-refractivity contribution is 0.871. The molecule has 0 aliphatic rings. The molecule has 3 N–H and O–H groups in total. The van der Waals surface area contributed by atoms with Crippen molar-refractivity contribution >= 4 is 34.0 Å². The van der Waals surface area contributed by atoms with Crippen molar-refractivity contribution in [3.05, 3.63) is 100 Å². The Morgan fingerprint density at radius 1 is 1.19 bits per heavy atom. The van der Waals surface area contributed by atoms with Crippen LogP contribution in [0.25, 0.3) is 16.6 Å². The first-order valence-corrected chi connectivity index (χ1v) is 10.4. The van der Waals surface area contributed by atoms with Gasteiger partial charge in [0, 0.05) is 53.4 Å². The van der Waals surface area contributed by atoms with Gasteiger partial charge in [0.2, 0.25) is 0 Å². The maximum Gasteiger partial charge on any atom is 0.123 e. The van der Waals surface area contributed by atoms with Crippen molar-refractivity contribution < 1.29 is 0 Å². The first kappa shape index (κ1) is 21.3. The van der Waals surface area contributed by atoms with Crippen LogP contribution in [0, 0.1) is 18.3 Å². The van der Waals surface area contributed by atoms with Crippen LogP contribution in [0.4, 0.5) is 5.82 Å². The molecule has 0 saturated carbocycles. The molecule has 4 aromatic rings. The van der Waals surface area contributed by atoms with Crippen LogP contribution in [-0.4, -0.2) is 15.0 Å². The Kier molecular flexibility index (Phi) is 6.02. The van der Waals surface area contributed by atoms with Crippen molar-refractivity contribution in [3.8, 4) is 6.07 Å². The van der Waals surface area contributed by atoms with Crippen molar-refractivity contribution in [1.82, 2.24) is 20.3 Å². The third kappa shape index (κ3) is 4.69. The average Bonchev–Trinajstić information content (AvgIpc) is 2.77. The fourth-order valence-corrected chi connectivity index (χ4v) is 3.71. The third-order valence-electron chi connectivity index (χ3n) is 5.19. The van der Waals surface area contributed by atoms with Gasteiger partial charge in [-0.25, -0.2) is 4.98 Å². The molecular weight excluding hydrogens is 420 g/mol. The molecule has 4 rings (SSSR count). The second-order valence-electron chi connectivity index (χ2n) is 7.51. The second kappa shape index (κ2) is 9.04. The summed E-state index contributed by atoms with van der Waals surface area (Å²) in [5.41, 5.74) is 12.4. The fourth-order valence-electron chi connectivity index (χ4n) is 3.54. The van der Waals surface area contributed by atoms with Crippen LogP contribution < -0.4 is 11.1 Å². The van der Waals surface area contributed by atoms with Gasteiger partial charge in [-0.1, -0.05) is 24.2 Å². The molecule has 158 valence electrons. The van der Waals surface area contributed by atoms with E-state index >= 15 is 0 Å². The van der Waals surface area contributed by atoms with Crippen molar-refractivity contribution in [2.75, 3.05) is 5.73 Å². The van der Waals surface area contributed by atoms with E-state index in [0.29, 0.717) is 34.9 Å². The summed E-state index contributed by atoms with van der Waals surface area (Å²) < 4.78 is 0. The number of hydrogen-bond donors (Lipinski definition) is 2. The summed E-state index contributed by atoms with van der Waals surface area (Å²) in [5, 5.41) is 14.2. The molecule has 0 bridgehead atoms. The summed E-state index contributed by atoms with van der Waals surface area (Å²) in [4.78, 5) is 13.1. The zero-order valence-electron chi connectivity index (χ0n) is 17.6. The number of rotatable bonds is 6. The minimum atomic E-state index is 0.509. The average molecular weight is 441 g/mol. The maximum absolute atomic E-state index is 9.53. The van der Waals surface area contributed by atoms with Crippen molar-refractivity contribution in [2.45, 2.75) is 19.9 Å². The zero-order chi connectivity index (χ0) is 22.7. The van der Waals surface area contributed by atoms with Crippen LogP contribution in [0.1, 0.15) is 33.6 Å². The minimum Gasteiger partial charge on any atom is -0.384 e. The molecule has 6 nitrogen and oxygen atoms in total. The number of fused-ring (bicyclic) bond motifs is 1. The Morgan fingerprint density at radius 2 is 2.03 bits per heavy atom. The fraction of sp³-hybridized carbons (Fsp3) is 0.120. The molecule has 0 atom stereocenters. The van der Waals surface area contributed by atoms with Gasteiger partial charge in [-0.15, -0.1) is 0 Å². The highest BCUT2D eigenvalue weighted by Crippen LogP contribution is 2.24. The van der Waals surface area contributed by atoms with Gasteiger partial charge in [-0.3, -0.25) is 9.97 Å². The van der Waals surface area contributed by atoms with Gasteiger partial charge in [0.1, 0.15) is 11.9 Å². The number of pyridine rings is 3. The normalized spacial score (nSPS) is 10.7. The molecule has 0 aliphatic heterocycles. The number of nitrogen functional groups attached to an aromatic ring is 1. The highest BCUT2D eigenvalue weighted by molar-refractivity contribution is 6.31. The molecule has 3 aromatic heterocycles. The van der Waals surface area contributed by atoms with Crippen LogP contribution >= 0.6 is 11.6 Å². The number of nitrogens with one attached hydrogen (secondary N) is 1. The number of anilines is 1. The summed E-state index contributed by atoms with van der Waals surface area (Å²) in [5.74, 6) is 0.509. The van der Waals surface area contributed by atoms with Crippen LogP contribution in [0.3, 0.4) is 0 Å². The predicted molar refractivity (Wildman–Crippen MR) is 128 cm³/mol. The molecule has 0 amide bonds. The van der Waals surface area contributed by atoms with Gasteiger partial charge in [-0.2, -0.15) is 5.26 Å². The number of aromatic nitrogens is 3. The van der Waals surface area contributed by atoms with Gasteiger partial charge in [0.05, 0.1) is 16.1 Å². The van der Waals surface area contributed by atoms with Crippen LogP contribution in [0.5, 0.6) is 0 Å². The standard InChI is InChI=1S/C25H21ClN6/c1-15(30-13-19-3-4-24(28)32-16(19)2)18-5-6-29-23(11-18)9-17-7-20-10-22(26)14-31-25(20)21(8-17)12-27/h3-8,10-11,14,30H,1,9,13H2,2H3,(H2,28,32). The molecule has 1 aromatic carbocycles. The third-order valence-corrected chi connectivity index (χ3v) is 5.40. The van der Waals surface area contributed by atoms with Gasteiger partial charge in [-0.05, 0) is 54.4 Å². The van der Waals surface area contributed by atoms with E-state index in [1.807, 2.05) is 43.3 Å².